The first-order valence-corrected chi connectivity index (χ1v) is 7.23. The topological polar surface area (TPSA) is 29.9 Å². The first-order chi connectivity index (χ1) is 9.41. The van der Waals surface area contributed by atoms with Crippen molar-refractivity contribution in [3.8, 4) is 0 Å². The van der Waals surface area contributed by atoms with Gasteiger partial charge in [0.15, 0.2) is 0 Å². The maximum atomic E-state index is 4.48. The van der Waals surface area contributed by atoms with Crippen LogP contribution >= 0.6 is 0 Å². The lowest BCUT2D eigenvalue weighted by molar-refractivity contribution is 0.586. The average molecular weight is 271 g/mol. The molecule has 1 atom stereocenters. The molecule has 0 aliphatic carbocycles. The lowest BCUT2D eigenvalue weighted by Gasteiger charge is -2.21. The van der Waals surface area contributed by atoms with Crippen molar-refractivity contribution in [3.63, 3.8) is 0 Å². The smallest absolute Gasteiger partial charge is 0.0947 e. The Bertz CT molecular complexity index is 546. The van der Waals surface area contributed by atoms with Gasteiger partial charge in [-0.05, 0) is 23.1 Å². The summed E-state index contributed by atoms with van der Waals surface area (Å²) in [5.41, 5.74) is 3.88. The van der Waals surface area contributed by atoms with Crippen LogP contribution in [-0.2, 0) is 12.5 Å². The van der Waals surface area contributed by atoms with Gasteiger partial charge in [0.1, 0.15) is 0 Å². The third-order valence-corrected chi connectivity index (χ3v) is 3.54. The van der Waals surface area contributed by atoms with Crippen LogP contribution in [0.4, 0.5) is 0 Å². The summed E-state index contributed by atoms with van der Waals surface area (Å²) < 4.78 is 1.99. The molecule has 2 rings (SSSR count). The minimum absolute atomic E-state index is 0.162. The fourth-order valence-corrected chi connectivity index (χ4v) is 2.35. The largest absolute Gasteiger partial charge is 0.340 e. The van der Waals surface area contributed by atoms with Gasteiger partial charge >= 0.3 is 0 Å². The molecule has 3 nitrogen and oxygen atoms in total. The summed E-state index contributed by atoms with van der Waals surface area (Å²) in [5.74, 6) is 0. The van der Waals surface area contributed by atoms with Crippen LogP contribution in [0.2, 0.25) is 0 Å². The molecular weight excluding hydrogens is 246 g/mol. The van der Waals surface area contributed by atoms with Gasteiger partial charge in [0.25, 0.3) is 0 Å². The Kier molecular flexibility index (Phi) is 4.29. The molecule has 0 radical (unpaired) electrons. The van der Waals surface area contributed by atoms with Gasteiger partial charge in [-0.25, -0.2) is 4.98 Å². The minimum Gasteiger partial charge on any atom is -0.340 e. The van der Waals surface area contributed by atoms with Crippen molar-refractivity contribution in [1.29, 1.82) is 0 Å². The molecule has 0 spiro atoms. The number of imidazole rings is 1. The summed E-state index contributed by atoms with van der Waals surface area (Å²) in [7, 11) is 2.00. The highest BCUT2D eigenvalue weighted by Crippen LogP contribution is 2.26. The van der Waals surface area contributed by atoms with Crippen LogP contribution < -0.4 is 5.32 Å². The van der Waals surface area contributed by atoms with Crippen molar-refractivity contribution in [2.24, 2.45) is 7.05 Å². The SMILES string of the molecule is CCNC(c1ccc(C(C)(C)C)cc1)c1cn(C)cn1. The summed E-state index contributed by atoms with van der Waals surface area (Å²) >= 11 is 0. The van der Waals surface area contributed by atoms with E-state index < -0.39 is 0 Å². The van der Waals surface area contributed by atoms with Crippen LogP contribution in [0.5, 0.6) is 0 Å². The molecule has 0 aliphatic rings. The summed E-state index contributed by atoms with van der Waals surface area (Å²) in [6.45, 7) is 9.76. The van der Waals surface area contributed by atoms with Crippen LogP contribution in [-0.4, -0.2) is 16.1 Å². The predicted molar refractivity (Wildman–Crippen MR) is 83.9 cm³/mol. The van der Waals surface area contributed by atoms with Crippen molar-refractivity contribution in [3.05, 3.63) is 53.6 Å². The minimum atomic E-state index is 0.162. The van der Waals surface area contributed by atoms with Gasteiger partial charge in [0, 0.05) is 13.2 Å². The summed E-state index contributed by atoms with van der Waals surface area (Å²) in [6.07, 6.45) is 3.92. The standard InChI is InChI=1S/C17H25N3/c1-6-18-16(15-11-20(5)12-19-15)13-7-9-14(10-8-13)17(2,3)4/h7-12,16,18H,6H2,1-5H3. The maximum Gasteiger partial charge on any atom is 0.0947 e. The van der Waals surface area contributed by atoms with Crippen LogP contribution in [0.25, 0.3) is 0 Å². The van der Waals surface area contributed by atoms with E-state index in [0.717, 1.165) is 12.2 Å². The van der Waals surface area contributed by atoms with Gasteiger partial charge < -0.3 is 9.88 Å². The summed E-state index contributed by atoms with van der Waals surface area (Å²) in [4.78, 5) is 4.48. The normalized spacial score (nSPS) is 13.4. The Balaban J connectivity index is 2.30. The molecule has 2 aromatic rings. The van der Waals surface area contributed by atoms with E-state index in [-0.39, 0.29) is 11.5 Å². The van der Waals surface area contributed by atoms with Crippen LogP contribution in [0.15, 0.2) is 36.8 Å². The highest BCUT2D eigenvalue weighted by Gasteiger charge is 2.17. The number of rotatable bonds is 4. The Morgan fingerprint density at radius 3 is 2.30 bits per heavy atom. The lowest BCUT2D eigenvalue weighted by Crippen LogP contribution is -2.22. The molecule has 108 valence electrons. The molecule has 1 heterocycles. The van der Waals surface area contributed by atoms with E-state index >= 15 is 0 Å². The lowest BCUT2D eigenvalue weighted by atomic mass is 9.86. The van der Waals surface area contributed by atoms with Gasteiger partial charge in [-0.3, -0.25) is 0 Å². The Morgan fingerprint density at radius 1 is 1.20 bits per heavy atom. The second kappa shape index (κ2) is 5.80. The van der Waals surface area contributed by atoms with Gasteiger partial charge in [-0.1, -0.05) is 52.0 Å². The molecule has 0 amide bonds. The molecule has 3 heteroatoms. The molecule has 1 aromatic heterocycles. The Hall–Kier alpha value is -1.61. The first-order valence-electron chi connectivity index (χ1n) is 7.23. The fourth-order valence-electron chi connectivity index (χ4n) is 2.35. The Morgan fingerprint density at radius 2 is 1.85 bits per heavy atom. The van der Waals surface area contributed by atoms with Crippen molar-refractivity contribution < 1.29 is 0 Å². The average Bonchev–Trinajstić information content (AvgIpc) is 2.81. The molecule has 1 aromatic carbocycles. The van der Waals surface area contributed by atoms with Crippen molar-refractivity contribution in [2.45, 2.75) is 39.2 Å². The molecule has 0 saturated heterocycles. The van der Waals surface area contributed by atoms with Gasteiger partial charge in [0.05, 0.1) is 18.1 Å². The van der Waals surface area contributed by atoms with Crippen LogP contribution in [0.3, 0.4) is 0 Å². The van der Waals surface area contributed by atoms with Gasteiger partial charge in [-0.2, -0.15) is 0 Å². The van der Waals surface area contributed by atoms with Gasteiger partial charge in [-0.15, -0.1) is 0 Å². The number of hydrogen-bond donors (Lipinski definition) is 1. The van der Waals surface area contributed by atoms with Crippen LogP contribution in [0, 0.1) is 0 Å². The first kappa shape index (κ1) is 14.8. The zero-order valence-corrected chi connectivity index (χ0v) is 13.1. The maximum absolute atomic E-state index is 4.48. The number of aryl methyl sites for hydroxylation is 1. The fraction of sp³-hybridized carbons (Fsp3) is 0.471. The zero-order chi connectivity index (χ0) is 14.8. The number of aromatic nitrogens is 2. The monoisotopic (exact) mass is 271 g/mol. The predicted octanol–water partition coefficient (Wildman–Crippen LogP) is 3.42. The molecule has 0 bridgehead atoms. The summed E-state index contributed by atoms with van der Waals surface area (Å²) in [5, 5.41) is 3.51. The molecule has 20 heavy (non-hydrogen) atoms. The van der Waals surface area contributed by atoms with E-state index in [4.69, 9.17) is 0 Å². The zero-order valence-electron chi connectivity index (χ0n) is 13.1. The van der Waals surface area contributed by atoms with Crippen molar-refractivity contribution >= 4 is 0 Å². The third kappa shape index (κ3) is 3.28. The molecule has 0 aliphatic heterocycles. The molecule has 1 N–H and O–H groups in total. The quantitative estimate of drug-likeness (QED) is 0.923. The number of nitrogens with zero attached hydrogens (tertiary/aromatic N) is 2. The summed E-state index contributed by atoms with van der Waals surface area (Å²) in [6, 6.07) is 9.03. The molecule has 1 unspecified atom stereocenters. The molecule has 0 saturated carbocycles. The number of benzene rings is 1. The van der Waals surface area contributed by atoms with E-state index in [2.05, 4.69) is 68.5 Å². The second-order valence-electron chi connectivity index (χ2n) is 6.33. The van der Waals surface area contributed by atoms with Crippen LogP contribution in [0.1, 0.15) is 50.6 Å². The number of hydrogen-bond acceptors (Lipinski definition) is 2. The Labute approximate surface area is 122 Å². The van der Waals surface area contributed by atoms with E-state index in [1.54, 1.807) is 0 Å². The van der Waals surface area contributed by atoms with E-state index in [1.807, 2.05) is 17.9 Å². The highest BCUT2D eigenvalue weighted by molar-refractivity contribution is 5.32. The second-order valence-corrected chi connectivity index (χ2v) is 6.33. The van der Waals surface area contributed by atoms with Gasteiger partial charge in [0.2, 0.25) is 0 Å². The van der Waals surface area contributed by atoms with E-state index in [0.29, 0.717) is 0 Å². The molecule has 0 fully saturated rings. The van der Waals surface area contributed by atoms with Crippen molar-refractivity contribution in [1.82, 2.24) is 14.9 Å². The third-order valence-electron chi connectivity index (χ3n) is 3.54. The van der Waals surface area contributed by atoms with Crippen molar-refractivity contribution in [2.75, 3.05) is 6.54 Å². The highest BCUT2D eigenvalue weighted by atomic mass is 15.0. The van der Waals surface area contributed by atoms with E-state index in [1.165, 1.54) is 11.1 Å². The van der Waals surface area contributed by atoms with E-state index in [9.17, 15) is 0 Å². The molecular formula is C17H25N3. The number of nitrogens with one attached hydrogen (secondary N) is 1.